The number of likely N-dealkylation sites (tertiary alicyclic amines) is 1. The molecule has 2 aromatic carbocycles. The van der Waals surface area contributed by atoms with Crippen molar-refractivity contribution in [3.8, 4) is 5.75 Å². The van der Waals surface area contributed by atoms with Crippen LogP contribution in [0.4, 0.5) is 46.8 Å². The average Bonchev–Trinajstić information content (AvgIpc) is 3.52. The molecule has 6 rings (SSSR count). The van der Waals surface area contributed by atoms with Crippen molar-refractivity contribution in [1.29, 1.82) is 0 Å². The second kappa shape index (κ2) is 14.2. The Morgan fingerprint density at radius 1 is 1.04 bits per heavy atom. The minimum Gasteiger partial charge on any atom is -0.497 e. The second-order valence-corrected chi connectivity index (χ2v) is 12.0. The van der Waals surface area contributed by atoms with Crippen LogP contribution < -0.4 is 30.1 Å². The number of nitrogens with zero attached hydrogens (tertiary/aromatic N) is 6. The van der Waals surface area contributed by atoms with Crippen molar-refractivity contribution < 1.29 is 37.0 Å². The third-order valence-corrected chi connectivity index (χ3v) is 8.65. The first-order chi connectivity index (χ1) is 23.5. The second-order valence-electron chi connectivity index (χ2n) is 12.0. The molecule has 3 aliphatic rings. The highest BCUT2D eigenvalue weighted by atomic mass is 19.4. The van der Waals surface area contributed by atoms with Crippen molar-refractivity contribution in [2.75, 3.05) is 85.4 Å². The lowest BCUT2D eigenvalue weighted by atomic mass is 10.1. The van der Waals surface area contributed by atoms with E-state index in [0.29, 0.717) is 74.6 Å². The Bertz CT molecular complexity index is 1730. The van der Waals surface area contributed by atoms with Gasteiger partial charge in [0.2, 0.25) is 11.9 Å². The fourth-order valence-electron chi connectivity index (χ4n) is 6.05. The van der Waals surface area contributed by atoms with Gasteiger partial charge in [0.05, 0.1) is 38.1 Å². The number of anilines is 5. The van der Waals surface area contributed by atoms with E-state index < -0.39 is 23.7 Å². The molecular formula is C33H37F3N8O5. The molecule has 0 atom stereocenters. The van der Waals surface area contributed by atoms with Gasteiger partial charge in [-0.25, -0.2) is 9.78 Å². The van der Waals surface area contributed by atoms with E-state index in [1.165, 1.54) is 29.0 Å². The first-order valence-corrected chi connectivity index (χ1v) is 16.0. The van der Waals surface area contributed by atoms with Crippen LogP contribution in [0.25, 0.3) is 0 Å². The molecule has 0 saturated carbocycles. The Morgan fingerprint density at radius 3 is 2.55 bits per heavy atom. The molecule has 0 unspecified atom stereocenters. The highest BCUT2D eigenvalue weighted by Gasteiger charge is 2.34. The number of rotatable bonds is 10. The van der Waals surface area contributed by atoms with Crippen molar-refractivity contribution in [3.63, 3.8) is 0 Å². The van der Waals surface area contributed by atoms with Gasteiger partial charge in [0, 0.05) is 87.0 Å². The Kier molecular flexibility index (Phi) is 9.76. The first-order valence-electron chi connectivity index (χ1n) is 16.0. The number of morpholine rings is 1. The summed E-state index contributed by atoms with van der Waals surface area (Å²) < 4.78 is 52.3. The SMILES string of the molecule is COc1cc(NC(=O)c2cc(N3CCOCC3)cc(C(F)(F)F)c2)cc(N2Cc3cnc(NCCCN4CCCC4=O)nc3N(C)C2=O)c1. The molecule has 16 heteroatoms. The molecule has 0 spiro atoms. The van der Waals surface area contributed by atoms with Crippen LogP contribution in [-0.2, 0) is 22.3 Å². The maximum absolute atomic E-state index is 13.8. The van der Waals surface area contributed by atoms with Crippen molar-refractivity contribution in [1.82, 2.24) is 14.9 Å². The molecule has 2 fully saturated rings. The number of carbonyl (C=O) groups is 3. The maximum Gasteiger partial charge on any atom is 0.416 e. The lowest BCUT2D eigenvalue weighted by molar-refractivity contribution is -0.137. The fraction of sp³-hybridized carbons (Fsp3) is 0.424. The number of ether oxygens (including phenoxy) is 2. The molecule has 3 aliphatic heterocycles. The minimum absolute atomic E-state index is 0.118. The molecule has 2 N–H and O–H groups in total. The van der Waals surface area contributed by atoms with Crippen molar-refractivity contribution in [2.45, 2.75) is 32.0 Å². The third-order valence-electron chi connectivity index (χ3n) is 8.65. The molecule has 0 radical (unpaired) electrons. The van der Waals surface area contributed by atoms with Crippen LogP contribution >= 0.6 is 0 Å². The summed E-state index contributed by atoms with van der Waals surface area (Å²) in [6, 6.07) is 7.56. The number of methoxy groups -OCH3 is 1. The van der Waals surface area contributed by atoms with Gasteiger partial charge in [0.1, 0.15) is 11.6 Å². The van der Waals surface area contributed by atoms with E-state index in [-0.39, 0.29) is 29.4 Å². The summed E-state index contributed by atoms with van der Waals surface area (Å²) in [5.74, 6) is 0.531. The normalized spacial score (nSPS) is 16.6. The zero-order chi connectivity index (χ0) is 34.7. The van der Waals surface area contributed by atoms with E-state index in [2.05, 4.69) is 20.6 Å². The Balaban J connectivity index is 1.18. The summed E-state index contributed by atoms with van der Waals surface area (Å²) in [5, 5.41) is 5.84. The number of benzene rings is 2. The number of aromatic nitrogens is 2. The van der Waals surface area contributed by atoms with E-state index in [0.717, 1.165) is 31.5 Å². The number of urea groups is 1. The van der Waals surface area contributed by atoms with Gasteiger partial charge in [-0.3, -0.25) is 19.4 Å². The molecule has 0 bridgehead atoms. The van der Waals surface area contributed by atoms with Crippen molar-refractivity contribution >= 4 is 46.7 Å². The molecule has 13 nitrogen and oxygen atoms in total. The molecule has 0 aliphatic carbocycles. The molecule has 1 aromatic heterocycles. The lowest BCUT2D eigenvalue weighted by Gasteiger charge is -2.34. The van der Waals surface area contributed by atoms with E-state index in [9.17, 15) is 27.6 Å². The molecule has 4 amide bonds. The van der Waals surface area contributed by atoms with Crippen LogP contribution in [0.1, 0.15) is 40.7 Å². The van der Waals surface area contributed by atoms with Gasteiger partial charge in [-0.2, -0.15) is 18.2 Å². The van der Waals surface area contributed by atoms with Gasteiger partial charge in [-0.05, 0) is 37.1 Å². The molecule has 2 saturated heterocycles. The van der Waals surface area contributed by atoms with Crippen LogP contribution in [0.2, 0.25) is 0 Å². The summed E-state index contributed by atoms with van der Waals surface area (Å²) in [6.45, 7) is 3.64. The smallest absolute Gasteiger partial charge is 0.416 e. The van der Waals surface area contributed by atoms with Crippen molar-refractivity contribution in [3.05, 3.63) is 59.3 Å². The van der Waals surface area contributed by atoms with Crippen LogP contribution in [0.5, 0.6) is 5.75 Å². The summed E-state index contributed by atoms with van der Waals surface area (Å²) in [7, 11) is 3.02. The van der Waals surface area contributed by atoms with Crippen LogP contribution in [0.3, 0.4) is 0 Å². The third kappa shape index (κ3) is 7.63. The minimum atomic E-state index is -4.66. The topological polar surface area (TPSA) is 132 Å². The monoisotopic (exact) mass is 682 g/mol. The highest BCUT2D eigenvalue weighted by molar-refractivity contribution is 6.07. The van der Waals surface area contributed by atoms with Gasteiger partial charge in [-0.1, -0.05) is 0 Å². The molecule has 49 heavy (non-hydrogen) atoms. The van der Waals surface area contributed by atoms with E-state index >= 15 is 0 Å². The van der Waals surface area contributed by atoms with Gasteiger partial charge in [0.15, 0.2) is 0 Å². The van der Waals surface area contributed by atoms with Gasteiger partial charge in [0.25, 0.3) is 5.91 Å². The number of alkyl halides is 3. The highest BCUT2D eigenvalue weighted by Crippen LogP contribution is 2.36. The largest absolute Gasteiger partial charge is 0.497 e. The molecule has 260 valence electrons. The Labute approximate surface area is 281 Å². The van der Waals surface area contributed by atoms with E-state index in [4.69, 9.17) is 9.47 Å². The summed E-state index contributed by atoms with van der Waals surface area (Å²) in [5.41, 5.74) is 0.436. The first kappa shape index (κ1) is 33.8. The molecule has 4 heterocycles. The predicted molar refractivity (Wildman–Crippen MR) is 176 cm³/mol. The van der Waals surface area contributed by atoms with Crippen molar-refractivity contribution in [2.24, 2.45) is 0 Å². The summed E-state index contributed by atoms with van der Waals surface area (Å²) >= 11 is 0. The number of hydrogen-bond acceptors (Lipinski definition) is 9. The number of hydrogen-bond donors (Lipinski definition) is 2. The number of halogens is 3. The number of nitrogens with one attached hydrogen (secondary N) is 2. The average molecular weight is 683 g/mol. The quantitative estimate of drug-likeness (QED) is 0.295. The molecule has 3 aromatic rings. The summed E-state index contributed by atoms with van der Waals surface area (Å²) in [6.07, 6.45) is -0.813. The van der Waals surface area contributed by atoms with Gasteiger partial charge in [-0.15, -0.1) is 0 Å². The summed E-state index contributed by atoms with van der Waals surface area (Å²) in [4.78, 5) is 54.3. The number of fused-ring (bicyclic) bond motifs is 1. The molecular weight excluding hydrogens is 645 g/mol. The number of amides is 4. The van der Waals surface area contributed by atoms with Crippen LogP contribution in [0, 0.1) is 0 Å². The van der Waals surface area contributed by atoms with Gasteiger partial charge >= 0.3 is 12.2 Å². The Hall–Kier alpha value is -5.12. The zero-order valence-corrected chi connectivity index (χ0v) is 27.2. The standard InChI is InChI=1S/C33H37F3N8O5/c1-41-29-22(19-38-31(40-29)37-6-4-8-43-7-3-5-28(43)45)20-44(32(41)47)26-16-24(17-27(18-26)48-2)39-30(46)21-13-23(33(34,35)36)15-25(14-21)42-9-11-49-12-10-42/h13-19H,3-12,20H2,1-2H3,(H,39,46)(H,37,38,40). The lowest BCUT2D eigenvalue weighted by Crippen LogP contribution is -2.46. The fourth-order valence-corrected chi connectivity index (χ4v) is 6.05. The van der Waals surface area contributed by atoms with Crippen LogP contribution in [0.15, 0.2) is 42.6 Å². The van der Waals surface area contributed by atoms with Crippen LogP contribution in [-0.4, -0.2) is 92.8 Å². The van der Waals surface area contributed by atoms with E-state index in [1.807, 2.05) is 4.90 Å². The zero-order valence-electron chi connectivity index (χ0n) is 27.2. The Morgan fingerprint density at radius 2 is 1.84 bits per heavy atom. The van der Waals surface area contributed by atoms with E-state index in [1.54, 1.807) is 30.3 Å². The number of carbonyl (C=O) groups excluding carboxylic acids is 3. The maximum atomic E-state index is 13.8. The predicted octanol–water partition coefficient (Wildman–Crippen LogP) is 4.59. The van der Waals surface area contributed by atoms with Gasteiger partial charge < -0.3 is 29.9 Å².